The van der Waals surface area contributed by atoms with E-state index in [-0.39, 0.29) is 30.6 Å². The van der Waals surface area contributed by atoms with Gasteiger partial charge in [0.15, 0.2) is 11.5 Å². The Hall–Kier alpha value is -4.65. The number of nitrogens with one attached hydrogen (secondary N) is 1. The first kappa shape index (κ1) is 30.3. The zero-order valence-electron chi connectivity index (χ0n) is 24.1. The van der Waals surface area contributed by atoms with Gasteiger partial charge in [-0.1, -0.05) is 78.9 Å². The highest BCUT2D eigenvalue weighted by molar-refractivity contribution is 5.88. The molecule has 1 atom stereocenters. The van der Waals surface area contributed by atoms with E-state index in [1.165, 1.54) is 12.1 Å². The van der Waals surface area contributed by atoms with Crippen LogP contribution in [0.4, 0.5) is 4.39 Å². The van der Waals surface area contributed by atoms with Gasteiger partial charge in [-0.05, 0) is 59.4 Å². The summed E-state index contributed by atoms with van der Waals surface area (Å²) in [5.41, 5.74) is 3.72. The number of benzene rings is 4. The van der Waals surface area contributed by atoms with Gasteiger partial charge in [0.05, 0.1) is 14.2 Å². The molecule has 218 valence electrons. The van der Waals surface area contributed by atoms with Crippen LogP contribution in [0.1, 0.15) is 28.7 Å². The lowest BCUT2D eigenvalue weighted by Crippen LogP contribution is -2.50. The molecule has 0 spiro atoms. The maximum Gasteiger partial charge on any atom is 0.243 e. The molecule has 0 fully saturated rings. The number of methoxy groups -OCH3 is 2. The molecule has 0 saturated carbocycles. The van der Waals surface area contributed by atoms with Crippen molar-refractivity contribution in [3.05, 3.63) is 131 Å². The van der Waals surface area contributed by atoms with Crippen LogP contribution >= 0.6 is 0 Å². The summed E-state index contributed by atoms with van der Waals surface area (Å²) in [7, 11) is 3.17. The predicted molar refractivity (Wildman–Crippen MR) is 162 cm³/mol. The third kappa shape index (κ3) is 8.67. The molecule has 0 bridgehead atoms. The van der Waals surface area contributed by atoms with E-state index in [2.05, 4.69) is 5.32 Å². The van der Waals surface area contributed by atoms with E-state index in [9.17, 15) is 14.0 Å². The largest absolute Gasteiger partial charge is 0.493 e. The molecule has 42 heavy (non-hydrogen) atoms. The third-order valence-corrected chi connectivity index (χ3v) is 7.17. The number of amides is 2. The number of hydrogen-bond donors (Lipinski definition) is 1. The molecule has 0 aromatic heterocycles. The van der Waals surface area contributed by atoms with Crippen molar-refractivity contribution >= 4 is 11.8 Å². The van der Waals surface area contributed by atoms with Gasteiger partial charge in [-0.15, -0.1) is 0 Å². The van der Waals surface area contributed by atoms with Crippen molar-refractivity contribution < 1.29 is 23.5 Å². The van der Waals surface area contributed by atoms with Gasteiger partial charge < -0.3 is 19.7 Å². The van der Waals surface area contributed by atoms with Crippen LogP contribution < -0.4 is 14.8 Å². The molecule has 0 heterocycles. The lowest BCUT2D eigenvalue weighted by atomic mass is 10.0. The summed E-state index contributed by atoms with van der Waals surface area (Å²) in [6, 6.07) is 30.4. The molecule has 0 unspecified atom stereocenters. The van der Waals surface area contributed by atoms with E-state index in [4.69, 9.17) is 9.47 Å². The SMILES string of the molecule is COc1ccc(CCNC(=O)[C@H](Cc2ccccc2)N(Cc2ccc(F)cc2)C(=O)CCc2ccccc2)cc1OC. The molecule has 4 rings (SSSR count). The van der Waals surface area contributed by atoms with Crippen LogP contribution in [0.5, 0.6) is 11.5 Å². The van der Waals surface area contributed by atoms with Crippen molar-refractivity contribution in [3.8, 4) is 11.5 Å². The van der Waals surface area contributed by atoms with Crippen LogP contribution in [0.25, 0.3) is 0 Å². The summed E-state index contributed by atoms with van der Waals surface area (Å²) in [6.07, 6.45) is 1.72. The number of halogens is 1. The molecule has 0 radical (unpaired) electrons. The first-order valence-electron chi connectivity index (χ1n) is 14.1. The maximum absolute atomic E-state index is 13.8. The fourth-order valence-corrected chi connectivity index (χ4v) is 4.86. The fraction of sp³-hybridized carbons (Fsp3) is 0.257. The Bertz CT molecular complexity index is 1430. The first-order chi connectivity index (χ1) is 20.5. The lowest BCUT2D eigenvalue weighted by Gasteiger charge is -2.32. The van der Waals surface area contributed by atoms with Crippen molar-refractivity contribution in [1.29, 1.82) is 0 Å². The molecule has 0 aliphatic carbocycles. The standard InChI is InChI=1S/C35H37FN2O4/c1-41-32-19-15-28(24-33(32)42-2)21-22-37-35(40)31(23-27-11-7-4-8-12-27)38(25-29-13-17-30(36)18-14-29)34(39)20-16-26-9-5-3-6-10-26/h3-15,17-19,24,31H,16,20-23,25H2,1-2H3,(H,37,40)/t31-/m0/s1. The van der Waals surface area contributed by atoms with Crippen molar-refractivity contribution in [2.45, 2.75) is 38.3 Å². The Morgan fingerprint density at radius 1 is 0.738 bits per heavy atom. The normalized spacial score (nSPS) is 11.4. The molecule has 4 aromatic carbocycles. The van der Waals surface area contributed by atoms with E-state index in [0.29, 0.717) is 37.3 Å². The Morgan fingerprint density at radius 3 is 2.00 bits per heavy atom. The van der Waals surface area contributed by atoms with Gasteiger partial charge in [-0.3, -0.25) is 9.59 Å². The molecule has 2 amide bonds. The molecule has 0 aliphatic heterocycles. The molecular weight excluding hydrogens is 531 g/mol. The van der Waals surface area contributed by atoms with Crippen molar-refractivity contribution in [3.63, 3.8) is 0 Å². The molecule has 0 saturated heterocycles. The summed E-state index contributed by atoms with van der Waals surface area (Å²) in [4.78, 5) is 29.2. The number of ether oxygens (including phenoxy) is 2. The maximum atomic E-state index is 13.8. The predicted octanol–water partition coefficient (Wildman–Crippen LogP) is 5.77. The minimum absolute atomic E-state index is 0.140. The second-order valence-electron chi connectivity index (χ2n) is 10.1. The van der Waals surface area contributed by atoms with Gasteiger partial charge in [-0.2, -0.15) is 0 Å². The molecule has 6 nitrogen and oxygen atoms in total. The summed E-state index contributed by atoms with van der Waals surface area (Å²) < 4.78 is 24.4. The fourth-order valence-electron chi connectivity index (χ4n) is 4.86. The Kier molecular flexibility index (Phi) is 11.1. The van der Waals surface area contributed by atoms with Crippen LogP contribution in [-0.2, 0) is 35.4 Å². The van der Waals surface area contributed by atoms with E-state index >= 15 is 0 Å². The third-order valence-electron chi connectivity index (χ3n) is 7.17. The number of carbonyl (C=O) groups excluding carboxylic acids is 2. The first-order valence-corrected chi connectivity index (χ1v) is 14.1. The van der Waals surface area contributed by atoms with Crippen molar-refractivity contribution in [2.24, 2.45) is 0 Å². The number of carbonyl (C=O) groups is 2. The average molecular weight is 569 g/mol. The summed E-state index contributed by atoms with van der Waals surface area (Å²) >= 11 is 0. The van der Waals surface area contributed by atoms with Crippen LogP contribution in [0.2, 0.25) is 0 Å². The van der Waals surface area contributed by atoms with E-state index in [1.807, 2.05) is 78.9 Å². The van der Waals surface area contributed by atoms with E-state index in [0.717, 1.165) is 22.3 Å². The lowest BCUT2D eigenvalue weighted by molar-refractivity contribution is -0.141. The highest BCUT2D eigenvalue weighted by Gasteiger charge is 2.30. The van der Waals surface area contributed by atoms with Crippen molar-refractivity contribution in [1.82, 2.24) is 10.2 Å². The molecule has 7 heteroatoms. The van der Waals surface area contributed by atoms with E-state index in [1.54, 1.807) is 31.3 Å². The molecule has 0 aliphatic rings. The molecular formula is C35H37FN2O4. The van der Waals surface area contributed by atoms with Gasteiger partial charge in [0, 0.05) is 25.9 Å². The zero-order valence-corrected chi connectivity index (χ0v) is 24.1. The zero-order chi connectivity index (χ0) is 29.7. The highest BCUT2D eigenvalue weighted by Crippen LogP contribution is 2.27. The van der Waals surface area contributed by atoms with Gasteiger partial charge >= 0.3 is 0 Å². The van der Waals surface area contributed by atoms with Crippen LogP contribution in [0.3, 0.4) is 0 Å². The average Bonchev–Trinajstić information content (AvgIpc) is 3.03. The smallest absolute Gasteiger partial charge is 0.243 e. The van der Waals surface area contributed by atoms with Gasteiger partial charge in [0.25, 0.3) is 0 Å². The Labute approximate surface area is 247 Å². The second-order valence-corrected chi connectivity index (χ2v) is 10.1. The Morgan fingerprint density at radius 2 is 1.36 bits per heavy atom. The number of rotatable bonds is 14. The van der Waals surface area contributed by atoms with Crippen LogP contribution in [-0.4, -0.2) is 43.5 Å². The topological polar surface area (TPSA) is 67.9 Å². The summed E-state index contributed by atoms with van der Waals surface area (Å²) in [5, 5.41) is 3.06. The van der Waals surface area contributed by atoms with Gasteiger partial charge in [0.1, 0.15) is 11.9 Å². The van der Waals surface area contributed by atoms with Crippen LogP contribution in [0, 0.1) is 5.82 Å². The van der Waals surface area contributed by atoms with Crippen molar-refractivity contribution in [2.75, 3.05) is 20.8 Å². The number of hydrogen-bond acceptors (Lipinski definition) is 4. The summed E-state index contributed by atoms with van der Waals surface area (Å²) in [6.45, 7) is 0.566. The minimum Gasteiger partial charge on any atom is -0.493 e. The number of aryl methyl sites for hydroxylation is 1. The van der Waals surface area contributed by atoms with E-state index < -0.39 is 6.04 Å². The van der Waals surface area contributed by atoms with Gasteiger partial charge in [-0.25, -0.2) is 4.39 Å². The highest BCUT2D eigenvalue weighted by atomic mass is 19.1. The van der Waals surface area contributed by atoms with Crippen LogP contribution in [0.15, 0.2) is 103 Å². The Balaban J connectivity index is 1.55. The molecule has 4 aromatic rings. The molecule has 1 N–H and O–H groups in total. The van der Waals surface area contributed by atoms with Gasteiger partial charge in [0.2, 0.25) is 11.8 Å². The number of nitrogens with zero attached hydrogens (tertiary/aromatic N) is 1. The monoisotopic (exact) mass is 568 g/mol. The minimum atomic E-state index is -0.758. The second kappa shape index (κ2) is 15.4. The quantitative estimate of drug-likeness (QED) is 0.210. The summed E-state index contributed by atoms with van der Waals surface area (Å²) in [5.74, 6) is 0.527.